The van der Waals surface area contributed by atoms with Gasteiger partial charge < -0.3 is 15.2 Å². The van der Waals surface area contributed by atoms with E-state index < -0.39 is 0 Å². The highest BCUT2D eigenvalue weighted by atomic mass is 16.5. The number of nitrogens with zero attached hydrogens (tertiary/aromatic N) is 1. The van der Waals surface area contributed by atoms with E-state index in [0.717, 1.165) is 37.1 Å². The van der Waals surface area contributed by atoms with Gasteiger partial charge in [-0.15, -0.1) is 0 Å². The highest BCUT2D eigenvalue weighted by Crippen LogP contribution is 2.13. The smallest absolute Gasteiger partial charge is 0.213 e. The van der Waals surface area contributed by atoms with Gasteiger partial charge in [0.1, 0.15) is 0 Å². The maximum absolute atomic E-state index is 5.62. The van der Waals surface area contributed by atoms with Gasteiger partial charge >= 0.3 is 0 Å². The van der Waals surface area contributed by atoms with Crippen molar-refractivity contribution in [2.75, 3.05) is 20.8 Å². The Morgan fingerprint density at radius 1 is 1.25 bits per heavy atom. The molecule has 1 aromatic heterocycles. The highest BCUT2D eigenvalue weighted by molar-refractivity contribution is 5.25. The molecule has 0 amide bonds. The number of rotatable bonds is 7. The van der Waals surface area contributed by atoms with Crippen molar-refractivity contribution in [3.63, 3.8) is 0 Å². The molecule has 4 nitrogen and oxygen atoms in total. The number of unbranched alkanes of at least 4 members (excludes halogenated alkanes) is 1. The van der Waals surface area contributed by atoms with Crippen molar-refractivity contribution < 1.29 is 9.47 Å². The molecule has 0 bridgehead atoms. The average molecular weight is 224 g/mol. The number of hydrogen-bond donors (Lipinski definition) is 1. The van der Waals surface area contributed by atoms with Crippen LogP contribution in [0.4, 0.5) is 0 Å². The second-order valence-electron chi connectivity index (χ2n) is 3.66. The zero-order chi connectivity index (χ0) is 11.8. The second kappa shape index (κ2) is 7.19. The van der Waals surface area contributed by atoms with Gasteiger partial charge in [0.05, 0.1) is 7.11 Å². The lowest BCUT2D eigenvalue weighted by atomic mass is 10.1. The Bertz CT molecular complexity index is 294. The molecular formula is C12H20N2O2. The number of pyridine rings is 1. The van der Waals surface area contributed by atoms with Crippen LogP contribution in [0.3, 0.4) is 0 Å². The molecule has 0 aliphatic heterocycles. The van der Waals surface area contributed by atoms with Crippen LogP contribution in [0.25, 0.3) is 0 Å². The molecule has 0 fully saturated rings. The Hall–Kier alpha value is -1.13. The van der Waals surface area contributed by atoms with Crippen molar-refractivity contribution in [3.05, 3.63) is 23.4 Å². The lowest BCUT2D eigenvalue weighted by Crippen LogP contribution is -2.02. The number of aromatic nitrogens is 1. The molecular weight excluding hydrogens is 204 g/mol. The first-order valence-electron chi connectivity index (χ1n) is 5.53. The first kappa shape index (κ1) is 12.9. The summed E-state index contributed by atoms with van der Waals surface area (Å²) in [6.45, 7) is 1.32. The van der Waals surface area contributed by atoms with Crippen molar-refractivity contribution in [2.24, 2.45) is 5.73 Å². The Kier molecular flexibility index (Phi) is 5.82. The molecule has 0 saturated heterocycles. The highest BCUT2D eigenvalue weighted by Gasteiger charge is 2.02. The van der Waals surface area contributed by atoms with Gasteiger partial charge in [-0.3, -0.25) is 0 Å². The third-order valence-corrected chi connectivity index (χ3v) is 2.39. The summed E-state index contributed by atoms with van der Waals surface area (Å²) in [5, 5.41) is 0. The lowest BCUT2D eigenvalue weighted by molar-refractivity contribution is 0.193. The molecule has 2 N–H and O–H groups in total. The molecule has 0 aliphatic rings. The molecule has 0 atom stereocenters. The third kappa shape index (κ3) is 4.16. The van der Waals surface area contributed by atoms with E-state index in [9.17, 15) is 0 Å². The van der Waals surface area contributed by atoms with Crippen LogP contribution in [-0.4, -0.2) is 25.8 Å². The fourth-order valence-corrected chi connectivity index (χ4v) is 1.52. The molecule has 4 heteroatoms. The zero-order valence-electron chi connectivity index (χ0n) is 10.0. The van der Waals surface area contributed by atoms with E-state index in [1.807, 2.05) is 12.1 Å². The van der Waals surface area contributed by atoms with Crippen molar-refractivity contribution in [1.29, 1.82) is 0 Å². The van der Waals surface area contributed by atoms with Crippen molar-refractivity contribution >= 4 is 0 Å². The van der Waals surface area contributed by atoms with Crippen LogP contribution >= 0.6 is 0 Å². The minimum atomic E-state index is 0.518. The lowest BCUT2D eigenvalue weighted by Gasteiger charge is -2.06. The Morgan fingerprint density at radius 2 is 2.06 bits per heavy atom. The fourth-order valence-electron chi connectivity index (χ4n) is 1.52. The normalized spacial score (nSPS) is 10.4. The van der Waals surface area contributed by atoms with Crippen LogP contribution in [0.5, 0.6) is 5.88 Å². The van der Waals surface area contributed by atoms with Gasteiger partial charge in [0.25, 0.3) is 0 Å². The first-order valence-corrected chi connectivity index (χ1v) is 5.53. The summed E-state index contributed by atoms with van der Waals surface area (Å²) in [4.78, 5) is 4.38. The maximum Gasteiger partial charge on any atom is 0.213 e. The summed E-state index contributed by atoms with van der Waals surface area (Å²) in [7, 11) is 3.34. The number of ether oxygens (including phenoxy) is 2. The van der Waals surface area contributed by atoms with Gasteiger partial charge in [-0.2, -0.15) is 0 Å². The Labute approximate surface area is 96.8 Å². The number of nitrogens with two attached hydrogens (primary N) is 1. The quantitative estimate of drug-likeness (QED) is 0.713. The summed E-state index contributed by atoms with van der Waals surface area (Å²) < 4.78 is 10.1. The van der Waals surface area contributed by atoms with Gasteiger partial charge in [-0.1, -0.05) is 0 Å². The van der Waals surface area contributed by atoms with E-state index in [4.69, 9.17) is 15.2 Å². The van der Waals surface area contributed by atoms with Crippen LogP contribution < -0.4 is 10.5 Å². The van der Waals surface area contributed by atoms with Gasteiger partial charge in [0, 0.05) is 32.0 Å². The summed E-state index contributed by atoms with van der Waals surface area (Å²) in [5.41, 5.74) is 7.72. The van der Waals surface area contributed by atoms with Crippen LogP contribution in [0.1, 0.15) is 24.1 Å². The van der Waals surface area contributed by atoms with Gasteiger partial charge in [0.2, 0.25) is 5.88 Å². The van der Waals surface area contributed by atoms with Crippen molar-refractivity contribution in [1.82, 2.24) is 4.98 Å². The SMILES string of the molecule is COCCCCc1cc(CN)cc(OC)n1. The molecule has 90 valence electrons. The van der Waals surface area contributed by atoms with Crippen LogP contribution in [0.2, 0.25) is 0 Å². The van der Waals surface area contributed by atoms with Gasteiger partial charge in [-0.25, -0.2) is 4.98 Å². The van der Waals surface area contributed by atoms with E-state index in [-0.39, 0.29) is 0 Å². The van der Waals surface area contributed by atoms with E-state index in [1.54, 1.807) is 14.2 Å². The molecule has 0 radical (unpaired) electrons. The number of aryl methyl sites for hydroxylation is 1. The number of methoxy groups -OCH3 is 2. The van der Waals surface area contributed by atoms with Crippen LogP contribution in [0, 0.1) is 0 Å². The van der Waals surface area contributed by atoms with Crippen LogP contribution in [0.15, 0.2) is 12.1 Å². The molecule has 16 heavy (non-hydrogen) atoms. The monoisotopic (exact) mass is 224 g/mol. The summed E-state index contributed by atoms with van der Waals surface area (Å²) >= 11 is 0. The molecule has 0 aliphatic carbocycles. The average Bonchev–Trinajstić information content (AvgIpc) is 2.34. The molecule has 0 spiro atoms. The Morgan fingerprint density at radius 3 is 2.69 bits per heavy atom. The van der Waals surface area contributed by atoms with Crippen molar-refractivity contribution in [2.45, 2.75) is 25.8 Å². The predicted molar refractivity (Wildman–Crippen MR) is 63.5 cm³/mol. The minimum Gasteiger partial charge on any atom is -0.481 e. The molecule has 0 aromatic carbocycles. The van der Waals surface area contributed by atoms with E-state index >= 15 is 0 Å². The maximum atomic E-state index is 5.62. The minimum absolute atomic E-state index is 0.518. The third-order valence-electron chi connectivity index (χ3n) is 2.39. The molecule has 0 saturated carbocycles. The molecule has 1 aromatic rings. The predicted octanol–water partition coefficient (Wildman–Crippen LogP) is 1.52. The molecule has 1 heterocycles. The van der Waals surface area contributed by atoms with E-state index in [2.05, 4.69) is 4.98 Å². The van der Waals surface area contributed by atoms with Gasteiger partial charge in [-0.05, 0) is 30.9 Å². The summed E-state index contributed by atoms with van der Waals surface area (Å²) in [5.74, 6) is 0.643. The fraction of sp³-hybridized carbons (Fsp3) is 0.583. The zero-order valence-corrected chi connectivity index (χ0v) is 10.0. The van der Waals surface area contributed by atoms with Gasteiger partial charge in [0.15, 0.2) is 0 Å². The summed E-state index contributed by atoms with van der Waals surface area (Å²) in [6.07, 6.45) is 3.05. The number of hydrogen-bond acceptors (Lipinski definition) is 4. The van der Waals surface area contributed by atoms with E-state index in [1.165, 1.54) is 0 Å². The first-order chi connectivity index (χ1) is 7.80. The molecule has 0 unspecified atom stereocenters. The Balaban J connectivity index is 2.57. The van der Waals surface area contributed by atoms with E-state index in [0.29, 0.717) is 12.4 Å². The standard InChI is InChI=1S/C12H20N2O2/c1-15-6-4-3-5-11-7-10(9-13)8-12(14-11)16-2/h7-8H,3-6,9,13H2,1-2H3. The molecule has 1 rings (SSSR count). The van der Waals surface area contributed by atoms with Crippen LogP contribution in [-0.2, 0) is 17.7 Å². The topological polar surface area (TPSA) is 57.4 Å². The van der Waals surface area contributed by atoms with Crippen molar-refractivity contribution in [3.8, 4) is 5.88 Å². The summed E-state index contributed by atoms with van der Waals surface area (Å²) in [6, 6.07) is 3.91. The largest absolute Gasteiger partial charge is 0.481 e. The second-order valence-corrected chi connectivity index (χ2v) is 3.66.